The van der Waals surface area contributed by atoms with E-state index in [0.29, 0.717) is 19.6 Å². The fourth-order valence-corrected chi connectivity index (χ4v) is 8.87. The number of nitrogens with zero attached hydrogens (tertiary/aromatic N) is 1. The lowest BCUT2D eigenvalue weighted by Gasteiger charge is -2.21. The van der Waals surface area contributed by atoms with Gasteiger partial charge in [0.05, 0.1) is 26.2 Å². The van der Waals surface area contributed by atoms with Crippen LogP contribution >= 0.6 is 21.6 Å². The normalized spacial score (nSPS) is 12.0. The number of hydrogen-bond acceptors (Lipinski definition) is 9. The number of rotatable bonds is 44. The zero-order valence-electron chi connectivity index (χ0n) is 35.9. The average molecular weight is 804 g/mol. The van der Waals surface area contributed by atoms with E-state index in [1.54, 1.807) is 10.8 Å². The summed E-state index contributed by atoms with van der Waals surface area (Å²) in [6.07, 6.45) is 35.9. The zero-order valence-corrected chi connectivity index (χ0v) is 37.5. The minimum atomic E-state index is -0.471. The van der Waals surface area contributed by atoms with Crippen LogP contribution < -0.4 is 0 Å². The smallest absolute Gasteiger partial charge is 0.466 e. The molecule has 0 aliphatic heterocycles. The summed E-state index contributed by atoms with van der Waals surface area (Å²) >= 11 is 0. The SMILES string of the molecule is CCCCCCCCCCCC(CCCCCC)OC(=O)OCCCCCCCCN(CCO)CCCCCCCCOC(=O)CCSSCCCCC. The Morgan fingerprint density at radius 2 is 0.926 bits per heavy atom. The first-order valence-electron chi connectivity index (χ1n) is 23.1. The molecular formula is C45H89NO6S2. The molecule has 0 saturated heterocycles. The van der Waals surface area contributed by atoms with Gasteiger partial charge in [0.1, 0.15) is 6.10 Å². The molecule has 0 amide bonds. The molecular weight excluding hydrogens is 715 g/mol. The molecule has 0 bridgehead atoms. The van der Waals surface area contributed by atoms with Crippen molar-refractivity contribution < 1.29 is 28.9 Å². The number of ether oxygens (including phenoxy) is 3. The van der Waals surface area contributed by atoms with Crippen molar-refractivity contribution in [1.82, 2.24) is 4.90 Å². The van der Waals surface area contributed by atoms with Crippen molar-refractivity contribution in [3.63, 3.8) is 0 Å². The lowest BCUT2D eigenvalue weighted by Crippen LogP contribution is -2.29. The fraction of sp³-hybridized carbons (Fsp3) is 0.956. The van der Waals surface area contributed by atoms with Crippen LogP contribution in [-0.4, -0.2) is 79.2 Å². The summed E-state index contributed by atoms with van der Waals surface area (Å²) in [6, 6.07) is 0. The Morgan fingerprint density at radius 1 is 0.500 bits per heavy atom. The molecule has 0 rings (SSSR count). The maximum absolute atomic E-state index is 12.5. The van der Waals surface area contributed by atoms with Crippen molar-refractivity contribution in [2.75, 3.05) is 51.0 Å². The number of aliphatic hydroxyl groups excluding tert-OH is 1. The lowest BCUT2D eigenvalue weighted by molar-refractivity contribution is -0.143. The highest BCUT2D eigenvalue weighted by molar-refractivity contribution is 8.76. The van der Waals surface area contributed by atoms with Crippen LogP contribution in [0.3, 0.4) is 0 Å². The molecule has 1 unspecified atom stereocenters. The van der Waals surface area contributed by atoms with Gasteiger partial charge in [0.2, 0.25) is 0 Å². The molecule has 7 nitrogen and oxygen atoms in total. The van der Waals surface area contributed by atoms with Gasteiger partial charge >= 0.3 is 12.1 Å². The van der Waals surface area contributed by atoms with Crippen LogP contribution in [0.1, 0.15) is 220 Å². The highest BCUT2D eigenvalue weighted by Crippen LogP contribution is 2.24. The number of carbonyl (C=O) groups is 2. The minimum absolute atomic E-state index is 0.00165. The summed E-state index contributed by atoms with van der Waals surface area (Å²) in [5.74, 6) is 1.96. The van der Waals surface area contributed by atoms with E-state index >= 15 is 0 Å². The van der Waals surface area contributed by atoms with E-state index in [1.807, 2.05) is 10.8 Å². The first-order chi connectivity index (χ1) is 26.6. The van der Waals surface area contributed by atoms with Gasteiger partial charge in [0.25, 0.3) is 0 Å². The monoisotopic (exact) mass is 804 g/mol. The van der Waals surface area contributed by atoms with Crippen molar-refractivity contribution in [3.05, 3.63) is 0 Å². The summed E-state index contributed by atoms with van der Waals surface area (Å²) in [4.78, 5) is 26.8. The molecule has 0 aromatic heterocycles. The summed E-state index contributed by atoms with van der Waals surface area (Å²) in [5, 5.41) is 9.54. The third-order valence-electron chi connectivity index (χ3n) is 10.2. The molecule has 0 fully saturated rings. The number of unbranched alkanes of at least 4 members (excludes halogenated alkanes) is 23. The Balaban J connectivity index is 3.83. The molecule has 0 radical (unpaired) electrons. The first-order valence-corrected chi connectivity index (χ1v) is 25.6. The largest absolute Gasteiger partial charge is 0.508 e. The van der Waals surface area contributed by atoms with Crippen LogP contribution in [0.15, 0.2) is 0 Å². The molecule has 9 heteroatoms. The Hall–Kier alpha value is -0.640. The summed E-state index contributed by atoms with van der Waals surface area (Å²) in [7, 11) is 3.67. The van der Waals surface area contributed by atoms with Crippen LogP contribution in [0.2, 0.25) is 0 Å². The molecule has 0 aliphatic carbocycles. The molecule has 0 heterocycles. The molecule has 0 aromatic carbocycles. The maximum Gasteiger partial charge on any atom is 0.508 e. The molecule has 1 N–H and O–H groups in total. The Morgan fingerprint density at radius 3 is 1.46 bits per heavy atom. The lowest BCUT2D eigenvalue weighted by atomic mass is 10.0. The number of hydrogen-bond donors (Lipinski definition) is 1. The molecule has 0 saturated carbocycles. The summed E-state index contributed by atoms with van der Waals surface area (Å²) in [6.45, 7) is 10.8. The summed E-state index contributed by atoms with van der Waals surface area (Å²) < 4.78 is 16.7. The molecule has 0 aromatic rings. The number of esters is 1. The van der Waals surface area contributed by atoms with Gasteiger partial charge in [-0.25, -0.2) is 4.79 Å². The van der Waals surface area contributed by atoms with Gasteiger partial charge in [0, 0.05) is 18.1 Å². The van der Waals surface area contributed by atoms with Gasteiger partial charge in [-0.2, -0.15) is 0 Å². The molecule has 54 heavy (non-hydrogen) atoms. The van der Waals surface area contributed by atoms with E-state index < -0.39 is 6.16 Å². The van der Waals surface area contributed by atoms with E-state index in [2.05, 4.69) is 25.7 Å². The van der Waals surface area contributed by atoms with Crippen LogP contribution in [0.4, 0.5) is 4.79 Å². The van der Waals surface area contributed by atoms with Gasteiger partial charge in [-0.05, 0) is 70.9 Å². The standard InChI is InChI=1S/C45H89NO6S2/c1-4-7-10-12-13-14-15-20-26-33-43(32-25-11-8-5-2)52-45(49)51-40-30-24-19-17-22-28-36-46(37-38-47)35-27-21-16-18-23-29-39-50-44(48)34-42-54-53-41-31-9-6-3/h43,47H,4-42H2,1-3H3. The maximum atomic E-state index is 12.5. The average Bonchev–Trinajstić information content (AvgIpc) is 3.16. The third kappa shape index (κ3) is 41.0. The van der Waals surface area contributed by atoms with E-state index in [4.69, 9.17) is 14.2 Å². The van der Waals surface area contributed by atoms with Gasteiger partial charge in [-0.3, -0.25) is 4.79 Å². The molecule has 0 aliphatic rings. The van der Waals surface area contributed by atoms with Crippen molar-refractivity contribution in [1.29, 1.82) is 0 Å². The van der Waals surface area contributed by atoms with Crippen molar-refractivity contribution >= 4 is 33.7 Å². The van der Waals surface area contributed by atoms with Crippen LogP contribution in [0.25, 0.3) is 0 Å². The van der Waals surface area contributed by atoms with Crippen molar-refractivity contribution in [3.8, 4) is 0 Å². The van der Waals surface area contributed by atoms with E-state index in [1.165, 1.54) is 134 Å². The quantitative estimate of drug-likeness (QED) is 0.0367. The second-order valence-corrected chi connectivity index (χ2v) is 18.1. The van der Waals surface area contributed by atoms with Crippen LogP contribution in [0.5, 0.6) is 0 Å². The van der Waals surface area contributed by atoms with E-state index in [0.717, 1.165) is 89.6 Å². The Bertz CT molecular complexity index is 776. The molecule has 0 spiro atoms. The molecule has 322 valence electrons. The van der Waals surface area contributed by atoms with Gasteiger partial charge in [0.15, 0.2) is 0 Å². The minimum Gasteiger partial charge on any atom is -0.466 e. The van der Waals surface area contributed by atoms with E-state index in [-0.39, 0.29) is 18.7 Å². The van der Waals surface area contributed by atoms with Crippen LogP contribution in [-0.2, 0) is 19.0 Å². The summed E-state index contributed by atoms with van der Waals surface area (Å²) in [5.41, 5.74) is 0. The highest BCUT2D eigenvalue weighted by atomic mass is 33.1. The highest BCUT2D eigenvalue weighted by Gasteiger charge is 2.15. The zero-order chi connectivity index (χ0) is 39.4. The second kappa shape index (κ2) is 45.1. The van der Waals surface area contributed by atoms with Crippen LogP contribution in [0, 0.1) is 0 Å². The Labute approximate surface area is 343 Å². The first kappa shape index (κ1) is 53.4. The second-order valence-electron chi connectivity index (χ2n) is 15.4. The predicted molar refractivity (Wildman–Crippen MR) is 236 cm³/mol. The van der Waals surface area contributed by atoms with Crippen molar-refractivity contribution in [2.24, 2.45) is 0 Å². The van der Waals surface area contributed by atoms with Gasteiger partial charge in [-0.15, -0.1) is 0 Å². The molecule has 1 atom stereocenters. The van der Waals surface area contributed by atoms with Crippen molar-refractivity contribution in [2.45, 2.75) is 226 Å². The van der Waals surface area contributed by atoms with Gasteiger partial charge < -0.3 is 24.2 Å². The Kier molecular flexibility index (Phi) is 44.5. The van der Waals surface area contributed by atoms with Gasteiger partial charge in [-0.1, -0.05) is 177 Å². The topological polar surface area (TPSA) is 85.3 Å². The third-order valence-corrected chi connectivity index (χ3v) is 12.7. The van der Waals surface area contributed by atoms with E-state index in [9.17, 15) is 14.7 Å². The number of carbonyl (C=O) groups excluding carboxylic acids is 2. The fourth-order valence-electron chi connectivity index (χ4n) is 6.75. The number of aliphatic hydroxyl groups is 1. The predicted octanol–water partition coefficient (Wildman–Crippen LogP) is 13.9.